The van der Waals surface area contributed by atoms with Crippen LogP contribution in [0, 0.1) is 5.92 Å². The van der Waals surface area contributed by atoms with Crippen molar-refractivity contribution in [2.24, 2.45) is 5.92 Å². The van der Waals surface area contributed by atoms with E-state index in [0.717, 1.165) is 45.3 Å². The van der Waals surface area contributed by atoms with Gasteiger partial charge in [0.1, 0.15) is 0 Å². The molecule has 2 saturated heterocycles. The number of likely N-dealkylation sites (tertiary alicyclic amines) is 1. The molecule has 134 valence electrons. The van der Waals surface area contributed by atoms with E-state index in [0.29, 0.717) is 5.11 Å². The molecule has 2 aliphatic heterocycles. The average molecular weight is 358 g/mol. The molecule has 25 heavy (non-hydrogen) atoms. The summed E-state index contributed by atoms with van der Waals surface area (Å²) < 4.78 is 0. The molecule has 1 saturated carbocycles. The predicted molar refractivity (Wildman–Crippen MR) is 103 cm³/mol. The molecule has 0 spiro atoms. The molecule has 1 amide bonds. The fourth-order valence-corrected chi connectivity index (χ4v) is 5.02. The Balaban J connectivity index is 1.37. The van der Waals surface area contributed by atoms with Crippen molar-refractivity contribution in [1.29, 1.82) is 0 Å². The van der Waals surface area contributed by atoms with Crippen LogP contribution in [-0.4, -0.2) is 46.0 Å². The molecule has 0 bridgehead atoms. The van der Waals surface area contributed by atoms with E-state index in [1.165, 1.54) is 18.4 Å². The van der Waals surface area contributed by atoms with Crippen molar-refractivity contribution < 1.29 is 4.79 Å². The normalized spacial score (nSPS) is 28.6. The van der Waals surface area contributed by atoms with E-state index in [-0.39, 0.29) is 23.9 Å². The molecule has 0 radical (unpaired) electrons. The van der Waals surface area contributed by atoms with Crippen LogP contribution < -0.4 is 5.32 Å². The lowest BCUT2D eigenvalue weighted by atomic mass is 9.81. The summed E-state index contributed by atoms with van der Waals surface area (Å²) in [6, 6.07) is 11.2. The molecular formula is C20H27N3OS. The number of nitrogens with one attached hydrogen (secondary N) is 1. The van der Waals surface area contributed by atoms with E-state index in [9.17, 15) is 4.79 Å². The van der Waals surface area contributed by atoms with E-state index in [2.05, 4.69) is 40.5 Å². The van der Waals surface area contributed by atoms with Gasteiger partial charge in [-0.05, 0) is 43.5 Å². The number of amides is 1. The number of hydrogen-bond acceptors (Lipinski definition) is 3. The SMILES string of the molecule is O=C1C2CCCCC2NC(=S)N1C1CCN(Cc2ccccc2)CC1. The van der Waals surface area contributed by atoms with Gasteiger partial charge in [-0.25, -0.2) is 0 Å². The third kappa shape index (κ3) is 3.58. The smallest absolute Gasteiger partial charge is 0.234 e. The van der Waals surface area contributed by atoms with E-state index in [1.54, 1.807) is 0 Å². The lowest BCUT2D eigenvalue weighted by Crippen LogP contribution is -2.64. The van der Waals surface area contributed by atoms with Crippen molar-refractivity contribution in [2.45, 2.75) is 57.2 Å². The maximum absolute atomic E-state index is 13.0. The molecule has 4 rings (SSSR count). The molecule has 1 aliphatic carbocycles. The van der Waals surface area contributed by atoms with Crippen molar-refractivity contribution in [3.05, 3.63) is 35.9 Å². The quantitative estimate of drug-likeness (QED) is 0.844. The number of hydrogen-bond donors (Lipinski definition) is 1. The number of piperidine rings is 1. The summed E-state index contributed by atoms with van der Waals surface area (Å²) in [4.78, 5) is 17.4. The van der Waals surface area contributed by atoms with Gasteiger partial charge in [0.2, 0.25) is 5.91 Å². The minimum absolute atomic E-state index is 0.141. The van der Waals surface area contributed by atoms with Crippen LogP contribution in [0.5, 0.6) is 0 Å². The fraction of sp³-hybridized carbons (Fsp3) is 0.600. The van der Waals surface area contributed by atoms with Gasteiger partial charge in [-0.3, -0.25) is 14.6 Å². The molecule has 1 aromatic carbocycles. The van der Waals surface area contributed by atoms with Crippen LogP contribution in [0.2, 0.25) is 0 Å². The Morgan fingerprint density at radius 2 is 1.76 bits per heavy atom. The highest BCUT2D eigenvalue weighted by Gasteiger charge is 2.43. The van der Waals surface area contributed by atoms with Gasteiger partial charge < -0.3 is 5.32 Å². The summed E-state index contributed by atoms with van der Waals surface area (Å²) in [5.74, 6) is 0.428. The highest BCUT2D eigenvalue weighted by molar-refractivity contribution is 7.80. The van der Waals surface area contributed by atoms with Crippen molar-refractivity contribution in [1.82, 2.24) is 15.1 Å². The van der Waals surface area contributed by atoms with Gasteiger partial charge >= 0.3 is 0 Å². The molecule has 5 heteroatoms. The number of rotatable bonds is 3. The second-order valence-corrected chi connectivity index (χ2v) is 8.03. The van der Waals surface area contributed by atoms with Crippen LogP contribution in [0.1, 0.15) is 44.1 Å². The van der Waals surface area contributed by atoms with E-state index in [4.69, 9.17) is 12.2 Å². The largest absolute Gasteiger partial charge is 0.359 e. The second kappa shape index (κ2) is 7.42. The molecule has 3 aliphatic rings. The molecule has 2 atom stereocenters. The third-order valence-corrected chi connectivity index (χ3v) is 6.33. The van der Waals surface area contributed by atoms with Crippen LogP contribution >= 0.6 is 12.2 Å². The highest BCUT2D eigenvalue weighted by Crippen LogP contribution is 2.32. The molecule has 4 nitrogen and oxygen atoms in total. The van der Waals surface area contributed by atoms with Gasteiger partial charge in [-0.15, -0.1) is 0 Å². The van der Waals surface area contributed by atoms with Crippen LogP contribution in [0.25, 0.3) is 0 Å². The zero-order valence-corrected chi connectivity index (χ0v) is 15.5. The van der Waals surface area contributed by atoms with Crippen LogP contribution in [0.4, 0.5) is 0 Å². The summed E-state index contributed by atoms with van der Waals surface area (Å²) in [5.41, 5.74) is 1.36. The second-order valence-electron chi connectivity index (χ2n) is 7.65. The van der Waals surface area contributed by atoms with Crippen LogP contribution in [0.15, 0.2) is 30.3 Å². The maximum Gasteiger partial charge on any atom is 0.234 e. The van der Waals surface area contributed by atoms with Crippen molar-refractivity contribution >= 4 is 23.2 Å². The number of carbonyl (C=O) groups is 1. The number of fused-ring (bicyclic) bond motifs is 1. The monoisotopic (exact) mass is 357 g/mol. The Morgan fingerprint density at radius 1 is 1.04 bits per heavy atom. The van der Waals surface area contributed by atoms with Crippen LogP contribution in [-0.2, 0) is 11.3 Å². The molecule has 2 unspecified atom stereocenters. The lowest BCUT2D eigenvalue weighted by Gasteiger charge is -2.46. The number of benzene rings is 1. The Bertz CT molecular complexity index is 627. The van der Waals surface area contributed by atoms with Crippen molar-refractivity contribution in [2.75, 3.05) is 13.1 Å². The molecule has 3 fully saturated rings. The lowest BCUT2D eigenvalue weighted by molar-refractivity contribution is -0.137. The highest BCUT2D eigenvalue weighted by atomic mass is 32.1. The zero-order valence-electron chi connectivity index (χ0n) is 14.7. The summed E-state index contributed by atoms with van der Waals surface area (Å²) >= 11 is 5.57. The van der Waals surface area contributed by atoms with E-state index in [1.807, 2.05) is 4.90 Å². The molecule has 2 heterocycles. The predicted octanol–water partition coefficient (Wildman–Crippen LogP) is 2.93. The average Bonchev–Trinajstić information content (AvgIpc) is 2.64. The van der Waals surface area contributed by atoms with Gasteiger partial charge in [-0.1, -0.05) is 43.2 Å². The first-order valence-corrected chi connectivity index (χ1v) is 10.0. The van der Waals surface area contributed by atoms with Gasteiger partial charge in [0.25, 0.3) is 0 Å². The molecule has 1 N–H and O–H groups in total. The Kier molecular flexibility index (Phi) is 5.04. The third-order valence-electron chi connectivity index (χ3n) is 6.02. The number of nitrogens with zero attached hydrogens (tertiary/aromatic N) is 2. The number of carbonyl (C=O) groups excluding carboxylic acids is 1. The summed E-state index contributed by atoms with van der Waals surface area (Å²) in [7, 11) is 0. The Hall–Kier alpha value is -1.46. The first kappa shape index (κ1) is 17.0. The van der Waals surface area contributed by atoms with Crippen LogP contribution in [0.3, 0.4) is 0 Å². The zero-order chi connectivity index (χ0) is 17.2. The maximum atomic E-state index is 13.0. The summed E-state index contributed by atoms with van der Waals surface area (Å²) in [6.45, 7) is 3.05. The van der Waals surface area contributed by atoms with Gasteiger partial charge in [-0.2, -0.15) is 0 Å². The number of thiocarbonyl (C=S) groups is 1. The first-order valence-electron chi connectivity index (χ1n) is 9.62. The van der Waals surface area contributed by atoms with E-state index >= 15 is 0 Å². The van der Waals surface area contributed by atoms with E-state index < -0.39 is 0 Å². The molecular weight excluding hydrogens is 330 g/mol. The minimum Gasteiger partial charge on any atom is -0.359 e. The minimum atomic E-state index is 0.141. The first-order chi connectivity index (χ1) is 12.2. The molecule has 0 aromatic heterocycles. The summed E-state index contributed by atoms with van der Waals surface area (Å²) in [5, 5.41) is 4.15. The van der Waals surface area contributed by atoms with Gasteiger partial charge in [0.05, 0.1) is 5.92 Å². The van der Waals surface area contributed by atoms with Crippen molar-refractivity contribution in [3.8, 4) is 0 Å². The Morgan fingerprint density at radius 3 is 2.52 bits per heavy atom. The fourth-order valence-electron chi connectivity index (χ4n) is 4.63. The van der Waals surface area contributed by atoms with Gasteiger partial charge in [0, 0.05) is 31.7 Å². The topological polar surface area (TPSA) is 35.6 Å². The van der Waals surface area contributed by atoms with Crippen molar-refractivity contribution in [3.63, 3.8) is 0 Å². The molecule has 1 aromatic rings. The standard InChI is InChI=1S/C20H27N3OS/c24-19-17-8-4-5-9-18(17)21-20(25)23(19)16-10-12-22(13-11-16)14-15-6-2-1-3-7-15/h1-3,6-7,16-18H,4-5,8-14H2,(H,21,25). The Labute approximate surface area is 155 Å². The van der Waals surface area contributed by atoms with Gasteiger partial charge in [0.15, 0.2) is 5.11 Å². The summed E-state index contributed by atoms with van der Waals surface area (Å²) in [6.07, 6.45) is 6.50.